The van der Waals surface area contributed by atoms with E-state index in [4.69, 9.17) is 0 Å². The van der Waals surface area contributed by atoms with Crippen molar-refractivity contribution in [1.29, 1.82) is 0 Å². The SMILES string of the molecule is Cc1ccc(S(=O)(=O)N2CCC[C@H](C(=O)Nc3ccc(F)c([N+](=O)[O-])c3)C2)s1. The van der Waals surface area contributed by atoms with Crippen molar-refractivity contribution in [1.82, 2.24) is 4.31 Å². The van der Waals surface area contributed by atoms with Gasteiger partial charge in [0, 0.05) is 29.7 Å². The molecule has 0 saturated carbocycles. The Hall–Kier alpha value is -2.37. The smallest absolute Gasteiger partial charge is 0.306 e. The van der Waals surface area contributed by atoms with E-state index in [2.05, 4.69) is 5.32 Å². The molecule has 28 heavy (non-hydrogen) atoms. The third-order valence-corrected chi connectivity index (χ3v) is 7.81. The summed E-state index contributed by atoms with van der Waals surface area (Å²) in [6.07, 6.45) is 1.01. The van der Waals surface area contributed by atoms with Crippen LogP contribution in [0.4, 0.5) is 15.8 Å². The predicted molar refractivity (Wildman–Crippen MR) is 102 cm³/mol. The molecular formula is C17H18FN3O5S2. The number of thiophene rings is 1. The molecule has 8 nitrogen and oxygen atoms in total. The summed E-state index contributed by atoms with van der Waals surface area (Å²) in [5, 5.41) is 13.4. The highest BCUT2D eigenvalue weighted by atomic mass is 32.2. The second-order valence-corrected chi connectivity index (χ2v) is 9.93. The van der Waals surface area contributed by atoms with Crippen molar-refractivity contribution >= 4 is 38.6 Å². The van der Waals surface area contributed by atoms with Crippen molar-refractivity contribution < 1.29 is 22.5 Å². The molecule has 1 N–H and O–H groups in total. The molecule has 1 aromatic carbocycles. The van der Waals surface area contributed by atoms with Crippen LogP contribution >= 0.6 is 11.3 Å². The van der Waals surface area contributed by atoms with E-state index < -0.39 is 38.3 Å². The van der Waals surface area contributed by atoms with Crippen LogP contribution in [-0.4, -0.2) is 36.6 Å². The van der Waals surface area contributed by atoms with Crippen molar-refractivity contribution in [2.24, 2.45) is 5.92 Å². The van der Waals surface area contributed by atoms with Gasteiger partial charge in [0.25, 0.3) is 10.0 Å². The number of nitro benzene ring substituents is 1. The summed E-state index contributed by atoms with van der Waals surface area (Å²) in [6, 6.07) is 6.36. The molecule has 0 unspecified atom stereocenters. The van der Waals surface area contributed by atoms with Crippen LogP contribution in [0.25, 0.3) is 0 Å². The molecule has 0 bridgehead atoms. The largest absolute Gasteiger partial charge is 0.326 e. The minimum Gasteiger partial charge on any atom is -0.326 e. The number of amides is 1. The lowest BCUT2D eigenvalue weighted by molar-refractivity contribution is -0.387. The minimum absolute atomic E-state index is 0.0222. The molecule has 1 amide bonds. The van der Waals surface area contributed by atoms with Gasteiger partial charge in [-0.3, -0.25) is 14.9 Å². The first-order chi connectivity index (χ1) is 13.2. The van der Waals surface area contributed by atoms with Crippen LogP contribution in [0.3, 0.4) is 0 Å². The zero-order valence-corrected chi connectivity index (χ0v) is 16.6. The van der Waals surface area contributed by atoms with Gasteiger partial charge in [-0.1, -0.05) is 0 Å². The van der Waals surface area contributed by atoms with Crippen LogP contribution in [0, 0.1) is 28.8 Å². The summed E-state index contributed by atoms with van der Waals surface area (Å²) in [6.45, 7) is 2.16. The molecule has 3 rings (SSSR count). The summed E-state index contributed by atoms with van der Waals surface area (Å²) in [5.74, 6) is -2.05. The van der Waals surface area contributed by atoms with E-state index in [1.807, 2.05) is 6.92 Å². The van der Waals surface area contributed by atoms with Crippen LogP contribution in [0.15, 0.2) is 34.5 Å². The maximum Gasteiger partial charge on any atom is 0.306 e. The van der Waals surface area contributed by atoms with E-state index >= 15 is 0 Å². The molecule has 1 aliphatic rings. The number of piperidine rings is 1. The molecule has 2 aromatic rings. The first-order valence-corrected chi connectivity index (χ1v) is 10.8. The standard InChI is InChI=1S/C17H18FN3O5S2/c1-11-4-7-16(27-11)28(25,26)20-8-2-3-12(10-20)17(22)19-13-5-6-14(18)15(9-13)21(23)24/h4-7,9,12H,2-3,8,10H2,1H3,(H,19,22)/t12-/m0/s1. The van der Waals surface area contributed by atoms with Crippen LogP contribution < -0.4 is 5.32 Å². The highest BCUT2D eigenvalue weighted by molar-refractivity contribution is 7.91. The Balaban J connectivity index is 1.73. The first-order valence-electron chi connectivity index (χ1n) is 8.50. The van der Waals surface area contributed by atoms with Crippen LogP contribution in [0.5, 0.6) is 0 Å². The molecule has 1 fully saturated rings. The molecule has 1 aliphatic heterocycles. The van der Waals surface area contributed by atoms with Gasteiger partial charge < -0.3 is 5.32 Å². The van der Waals surface area contributed by atoms with Gasteiger partial charge in [0.15, 0.2) is 0 Å². The number of nitro groups is 1. The molecule has 1 saturated heterocycles. The van der Waals surface area contributed by atoms with Gasteiger partial charge in [0.05, 0.1) is 10.8 Å². The first kappa shape index (κ1) is 20.4. The molecule has 0 radical (unpaired) electrons. The van der Waals surface area contributed by atoms with Gasteiger partial charge in [0.2, 0.25) is 11.7 Å². The number of nitrogens with one attached hydrogen (secondary N) is 1. The number of carbonyl (C=O) groups excluding carboxylic acids is 1. The fourth-order valence-corrected chi connectivity index (χ4v) is 5.99. The van der Waals surface area contributed by atoms with Gasteiger partial charge in [-0.2, -0.15) is 8.70 Å². The fraction of sp³-hybridized carbons (Fsp3) is 0.353. The number of sulfonamides is 1. The van der Waals surface area contributed by atoms with Crippen molar-refractivity contribution in [3.63, 3.8) is 0 Å². The third kappa shape index (κ3) is 4.21. The third-order valence-electron chi connectivity index (χ3n) is 4.48. The average Bonchev–Trinajstić information content (AvgIpc) is 3.10. The predicted octanol–water partition coefficient (Wildman–Crippen LogP) is 3.14. The Kier molecular flexibility index (Phi) is 5.77. The lowest BCUT2D eigenvalue weighted by Gasteiger charge is -2.30. The Morgan fingerprint density at radius 2 is 2.11 bits per heavy atom. The van der Waals surface area contributed by atoms with E-state index in [9.17, 15) is 27.7 Å². The van der Waals surface area contributed by atoms with Crippen molar-refractivity contribution in [2.45, 2.75) is 24.0 Å². The van der Waals surface area contributed by atoms with Gasteiger partial charge >= 0.3 is 5.69 Å². The maximum atomic E-state index is 13.4. The van der Waals surface area contributed by atoms with Crippen molar-refractivity contribution in [3.05, 3.63) is 51.1 Å². The van der Waals surface area contributed by atoms with Gasteiger partial charge in [-0.25, -0.2) is 8.42 Å². The quantitative estimate of drug-likeness (QED) is 0.582. The van der Waals surface area contributed by atoms with E-state index in [0.29, 0.717) is 19.4 Å². The number of carbonyl (C=O) groups is 1. The van der Waals surface area contributed by atoms with E-state index in [1.54, 1.807) is 12.1 Å². The molecule has 0 aliphatic carbocycles. The van der Waals surface area contributed by atoms with E-state index in [1.165, 1.54) is 21.7 Å². The number of hydrogen-bond donors (Lipinski definition) is 1. The number of anilines is 1. The second-order valence-electron chi connectivity index (χ2n) is 6.48. The van der Waals surface area contributed by atoms with Crippen LogP contribution in [-0.2, 0) is 14.8 Å². The van der Waals surface area contributed by atoms with E-state index in [-0.39, 0.29) is 16.4 Å². The lowest BCUT2D eigenvalue weighted by Crippen LogP contribution is -2.43. The summed E-state index contributed by atoms with van der Waals surface area (Å²) in [5.41, 5.74) is -0.648. The summed E-state index contributed by atoms with van der Waals surface area (Å²) >= 11 is 1.18. The summed E-state index contributed by atoms with van der Waals surface area (Å²) in [7, 11) is -3.67. The number of nitrogens with zero attached hydrogens (tertiary/aromatic N) is 2. The van der Waals surface area contributed by atoms with Gasteiger partial charge in [-0.15, -0.1) is 11.3 Å². The average molecular weight is 427 g/mol. The molecule has 2 heterocycles. The van der Waals surface area contributed by atoms with Crippen LogP contribution in [0.2, 0.25) is 0 Å². The number of hydrogen-bond acceptors (Lipinski definition) is 6. The number of benzene rings is 1. The second kappa shape index (κ2) is 7.94. The number of aryl methyl sites for hydroxylation is 1. The Labute approximate surface area is 165 Å². The molecular weight excluding hydrogens is 409 g/mol. The maximum absolute atomic E-state index is 13.4. The van der Waals surface area contributed by atoms with Gasteiger partial charge in [0.1, 0.15) is 4.21 Å². The van der Waals surface area contributed by atoms with Crippen molar-refractivity contribution in [3.8, 4) is 0 Å². The molecule has 1 aromatic heterocycles. The molecule has 1 atom stereocenters. The van der Waals surface area contributed by atoms with E-state index in [0.717, 1.165) is 17.0 Å². The topological polar surface area (TPSA) is 110 Å². The Morgan fingerprint density at radius 3 is 2.75 bits per heavy atom. The molecule has 150 valence electrons. The number of rotatable bonds is 5. The fourth-order valence-electron chi connectivity index (χ4n) is 3.03. The zero-order valence-electron chi connectivity index (χ0n) is 14.9. The van der Waals surface area contributed by atoms with Crippen LogP contribution in [0.1, 0.15) is 17.7 Å². The minimum atomic E-state index is -3.67. The summed E-state index contributed by atoms with van der Waals surface area (Å²) in [4.78, 5) is 23.4. The highest BCUT2D eigenvalue weighted by Gasteiger charge is 2.34. The molecule has 0 spiro atoms. The Bertz CT molecular complexity index is 1020. The number of halogens is 1. The molecule has 11 heteroatoms. The normalized spacial score (nSPS) is 18.0. The van der Waals surface area contributed by atoms with Crippen molar-refractivity contribution in [2.75, 3.05) is 18.4 Å². The highest BCUT2D eigenvalue weighted by Crippen LogP contribution is 2.29. The zero-order chi connectivity index (χ0) is 20.5. The Morgan fingerprint density at radius 1 is 1.36 bits per heavy atom. The monoisotopic (exact) mass is 427 g/mol. The lowest BCUT2D eigenvalue weighted by atomic mass is 9.98. The van der Waals surface area contributed by atoms with Gasteiger partial charge in [-0.05, 0) is 44.0 Å². The summed E-state index contributed by atoms with van der Waals surface area (Å²) < 4.78 is 40.5.